The van der Waals surface area contributed by atoms with Crippen LogP contribution in [0.4, 0.5) is 0 Å². The summed E-state index contributed by atoms with van der Waals surface area (Å²) in [6, 6.07) is 11.2. The van der Waals surface area contributed by atoms with Crippen molar-refractivity contribution in [3.05, 3.63) is 144 Å². The molecule has 0 spiro atoms. The smallest absolute Gasteiger partial charge is 0.243 e. The molecular formula is C97H136N20O17. The van der Waals surface area contributed by atoms with Crippen LogP contribution in [-0.4, -0.2) is 224 Å². The lowest BCUT2D eigenvalue weighted by Gasteiger charge is -2.31. The number of fused-ring (bicyclic) bond motifs is 4. The van der Waals surface area contributed by atoms with E-state index in [-0.39, 0.29) is 88.2 Å². The van der Waals surface area contributed by atoms with Crippen molar-refractivity contribution >= 4 is 139 Å². The van der Waals surface area contributed by atoms with Crippen LogP contribution in [0.15, 0.2) is 122 Å². The summed E-state index contributed by atoms with van der Waals surface area (Å²) >= 11 is 0. The fourth-order valence-corrected chi connectivity index (χ4v) is 15.8. The van der Waals surface area contributed by atoms with E-state index in [4.69, 9.17) is 0 Å². The van der Waals surface area contributed by atoms with Gasteiger partial charge < -0.3 is 110 Å². The number of rotatable bonds is 52. The first kappa shape index (κ1) is 106. The number of amides is 16. The third-order valence-corrected chi connectivity index (χ3v) is 23.1. The summed E-state index contributed by atoms with van der Waals surface area (Å²) in [6.07, 6.45) is 6.97. The number of hydrogen-bond donors (Lipinski definition) is 21. The van der Waals surface area contributed by atoms with Crippen LogP contribution < -0.4 is 85.1 Å². The van der Waals surface area contributed by atoms with E-state index in [2.05, 4.69) is 105 Å². The van der Waals surface area contributed by atoms with E-state index < -0.39 is 197 Å². The van der Waals surface area contributed by atoms with Crippen LogP contribution in [-0.2, 0) is 102 Å². The molecular weight excluding hydrogens is 1720 g/mol. The lowest BCUT2D eigenvalue weighted by Crippen LogP contribution is -2.62. The minimum Gasteiger partial charge on any atom is -0.395 e. The summed E-state index contributed by atoms with van der Waals surface area (Å²) in [5.74, 6) is -14.3. The first-order valence-corrected chi connectivity index (χ1v) is 46.0. The van der Waals surface area contributed by atoms with Gasteiger partial charge in [0.1, 0.15) is 84.6 Å². The molecule has 4 aromatic carbocycles. The number of nitrogens with one attached hydrogen (secondary N) is 20. The van der Waals surface area contributed by atoms with Crippen LogP contribution in [0.1, 0.15) is 166 Å². The molecule has 0 aliphatic heterocycles. The van der Waals surface area contributed by atoms with Crippen molar-refractivity contribution in [2.45, 2.75) is 254 Å². The molecule has 21 N–H and O–H groups in total. The van der Waals surface area contributed by atoms with Gasteiger partial charge in [-0.25, -0.2) is 0 Å². The zero-order valence-electron chi connectivity index (χ0n) is 79.5. The Balaban J connectivity index is 1.01. The molecule has 4 aromatic heterocycles. The van der Waals surface area contributed by atoms with Crippen LogP contribution in [0.3, 0.4) is 0 Å². The molecule has 16 amide bonds. The van der Waals surface area contributed by atoms with Gasteiger partial charge in [-0.05, 0) is 134 Å². The van der Waals surface area contributed by atoms with E-state index in [0.717, 1.165) is 27.4 Å². The van der Waals surface area contributed by atoms with E-state index in [1.807, 2.05) is 133 Å². The zero-order chi connectivity index (χ0) is 98.5. The Labute approximate surface area is 780 Å². The predicted molar refractivity (Wildman–Crippen MR) is 509 cm³/mol. The van der Waals surface area contributed by atoms with Gasteiger partial charge in [-0.1, -0.05) is 170 Å². The van der Waals surface area contributed by atoms with Gasteiger partial charge >= 0.3 is 0 Å². The van der Waals surface area contributed by atoms with E-state index in [1.165, 1.54) is 20.8 Å². The molecule has 4 heterocycles. The number of aliphatic hydroxyl groups excluding tert-OH is 1. The van der Waals surface area contributed by atoms with Gasteiger partial charge in [-0.3, -0.25) is 76.7 Å². The molecule has 0 aliphatic rings. The maximum atomic E-state index is 15.6. The first-order valence-electron chi connectivity index (χ1n) is 46.0. The van der Waals surface area contributed by atoms with Gasteiger partial charge in [0.2, 0.25) is 95.0 Å². The Morgan fingerprint density at radius 1 is 0.284 bits per heavy atom. The summed E-state index contributed by atoms with van der Waals surface area (Å²) < 4.78 is 0. The van der Waals surface area contributed by atoms with E-state index in [9.17, 15) is 53.1 Å². The molecule has 0 aliphatic carbocycles. The third-order valence-electron chi connectivity index (χ3n) is 23.1. The molecule has 0 fully saturated rings. The number of hydrogen-bond acceptors (Lipinski definition) is 17. The Morgan fingerprint density at radius 2 is 0.537 bits per heavy atom. The van der Waals surface area contributed by atoms with Crippen molar-refractivity contribution in [1.29, 1.82) is 0 Å². The zero-order valence-corrected chi connectivity index (χ0v) is 79.5. The number of H-pyrrole nitrogens is 4. The number of aliphatic hydroxyl groups is 1. The highest BCUT2D eigenvalue weighted by Crippen LogP contribution is 2.26. The van der Waals surface area contributed by atoms with E-state index in [0.29, 0.717) is 44.9 Å². The molecule has 0 radical (unpaired) electrons. The maximum absolute atomic E-state index is 15.6. The Morgan fingerprint density at radius 3 is 0.843 bits per heavy atom. The highest BCUT2D eigenvalue weighted by atomic mass is 16.3. The summed E-state index contributed by atoms with van der Waals surface area (Å²) in [5.41, 5.74) is 5.50. The lowest BCUT2D eigenvalue weighted by molar-refractivity contribution is -0.137. The Kier molecular flexibility index (Phi) is 39.8. The quantitative estimate of drug-likeness (QED) is 0.0241. The Bertz CT molecular complexity index is 5420. The maximum Gasteiger partial charge on any atom is 0.243 e. The van der Waals surface area contributed by atoms with Crippen molar-refractivity contribution < 1.29 is 81.8 Å². The van der Waals surface area contributed by atoms with Gasteiger partial charge in [0.05, 0.1) is 13.2 Å². The van der Waals surface area contributed by atoms with Crippen molar-refractivity contribution in [1.82, 2.24) is 105 Å². The second-order valence-corrected chi connectivity index (χ2v) is 37.2. The molecule has 8 aromatic rings. The van der Waals surface area contributed by atoms with Crippen molar-refractivity contribution in [3.63, 3.8) is 0 Å². The average Bonchev–Trinajstić information content (AvgIpc) is 1.66. The number of carbonyl (C=O) groups is 16. The van der Waals surface area contributed by atoms with Gasteiger partial charge in [-0.15, -0.1) is 0 Å². The summed E-state index contributed by atoms with van der Waals surface area (Å²) in [6.45, 7) is 27.7. The molecule has 134 heavy (non-hydrogen) atoms. The monoisotopic (exact) mass is 1850 g/mol. The SMILES string of the molecule is CC(C)C[C@@H](NC(=O)[C@H](C)NC(=O)CNC(=O)C(C)NC=O)C(=O)N[C@@H](C)C(=O)N[C@@H](C(=O)N[C@H](C(=O)N[C@@H](C(=O)N[C@@H](Cc1c[nH]c2ccccc12)C(=O)N[C@H](CC(C)C)C(=O)N[C@@H](Cc1c[nH]c2ccccc12)C(=O)N[C@H](CC(C)C)C(=O)N[C@@H](Cc1c[nH]c2ccccc12)C(=O)N[C@H](CC(C)C)C(=O)N[C@@H](Cc1c[nH]c2ccccc12)C(=O)NCCO)C(C)C)C(C)C)C(C)C. The average molecular weight is 1850 g/mol. The van der Waals surface area contributed by atoms with Gasteiger partial charge in [-0.2, -0.15) is 0 Å². The molecule has 0 saturated carbocycles. The topological polar surface area (TPSA) is 549 Å². The molecule has 37 heteroatoms. The van der Waals surface area contributed by atoms with Crippen LogP contribution in [0.25, 0.3) is 43.6 Å². The normalized spacial score (nSPS) is 14.8. The van der Waals surface area contributed by atoms with Crippen LogP contribution in [0, 0.1) is 41.4 Å². The second-order valence-electron chi connectivity index (χ2n) is 37.2. The van der Waals surface area contributed by atoms with Crippen LogP contribution >= 0.6 is 0 Å². The molecule has 726 valence electrons. The highest BCUT2D eigenvalue weighted by Gasteiger charge is 2.41. The van der Waals surface area contributed by atoms with Gasteiger partial charge in [0.15, 0.2) is 0 Å². The molecule has 0 saturated heterocycles. The fourth-order valence-electron chi connectivity index (χ4n) is 15.8. The number of benzene rings is 4. The lowest BCUT2D eigenvalue weighted by atomic mass is 9.97. The molecule has 37 nitrogen and oxygen atoms in total. The van der Waals surface area contributed by atoms with E-state index >= 15 is 28.8 Å². The van der Waals surface area contributed by atoms with Gasteiger partial charge in [0.25, 0.3) is 0 Å². The Hall–Kier alpha value is -13.5. The van der Waals surface area contributed by atoms with E-state index in [1.54, 1.807) is 86.2 Å². The van der Waals surface area contributed by atoms with Crippen molar-refractivity contribution in [2.24, 2.45) is 41.4 Å². The third kappa shape index (κ3) is 30.8. The molecule has 0 bridgehead atoms. The number of carbonyl (C=O) groups excluding carboxylic acids is 16. The summed E-state index contributed by atoms with van der Waals surface area (Å²) in [7, 11) is 0. The molecule has 14 atom stereocenters. The highest BCUT2D eigenvalue weighted by molar-refractivity contribution is 6.02. The summed E-state index contributed by atoms with van der Waals surface area (Å²) in [5, 5.41) is 56.2. The first-order chi connectivity index (χ1) is 63.5. The van der Waals surface area contributed by atoms with Crippen LogP contribution in [0.2, 0.25) is 0 Å². The van der Waals surface area contributed by atoms with Crippen LogP contribution in [0.5, 0.6) is 0 Å². The molecule has 1 unspecified atom stereocenters. The standard InChI is InChI=1S/C97H136N20O17/c1-50(2)36-72(107-85(122)58(16)105-80(120)48-103-84(121)57(15)104-49-119)88(125)106-59(17)86(123)115-82(55(11)12)96(133)117-83(56(13)14)97(134)116-81(54(9)10)95(132)114-79(43-63-47-102-71-33-25-21-29-67(63)71)94(131)110-75(39-53(7)8)91(128)113-78(42-62-46-101-70-32-24-20-28-66(62)70)93(130)109-74(38-52(5)6)90(127)112-77(41-61-45-100-69-31-23-19-27-65(61)69)92(129)108-73(37-51(3)4)89(126)111-76(87(124)98-34-35-118)40-60-44-99-68-30-22-18-26-64(60)68/h18-33,44-47,49-59,72-79,81-83,99-102,118H,34-43,48H2,1-17H3,(H,98,124)(H,103,121)(H,104,119)(H,105,120)(H,106,125)(H,107,122)(H,108,129)(H,109,130)(H,110,131)(H,111,126)(H,112,127)(H,113,128)(H,114,132)(H,115,123)(H,116,134)(H,117,133)/t57?,58-,59-,72+,73+,74+,75+,76-,77-,78-,79-,81+,82+,83-/m0/s1. The second kappa shape index (κ2) is 50.4. The largest absolute Gasteiger partial charge is 0.395 e. The van der Waals surface area contributed by atoms with Crippen molar-refractivity contribution in [3.8, 4) is 0 Å². The summed E-state index contributed by atoms with van der Waals surface area (Å²) in [4.78, 5) is 240. The number of aromatic amines is 4. The predicted octanol–water partition coefficient (Wildman–Crippen LogP) is 3.74. The fraction of sp³-hybridized carbons (Fsp3) is 0.505. The minimum atomic E-state index is -1.48. The minimum absolute atomic E-state index is 0.0110. The number of aromatic nitrogens is 4. The van der Waals surface area contributed by atoms with Crippen molar-refractivity contribution in [2.75, 3.05) is 19.7 Å². The molecule has 8 rings (SSSR count). The van der Waals surface area contributed by atoms with Gasteiger partial charge in [0, 0.05) is 101 Å². The number of para-hydroxylation sites is 4.